The third kappa shape index (κ3) is 58.9. The fraction of sp³-hybridized carbons (Fsp3) is 0.953. The lowest BCUT2D eigenvalue weighted by atomic mass is 9.82. The van der Waals surface area contributed by atoms with Crippen molar-refractivity contribution in [2.45, 2.75) is 449 Å². The van der Waals surface area contributed by atoms with E-state index in [1.807, 2.05) is 34.6 Å². The maximum absolute atomic E-state index is 11.4. The molecule has 1 aliphatic carbocycles. The van der Waals surface area contributed by atoms with Gasteiger partial charge in [-0.05, 0) is 135 Å². The SMILES string of the molecule is CC(=O)NC[C@@H]1C[C@@H](O)[C@@H](O)[C@H](OC(C)C)O1.CC(=O)OC[C@@H]1C[C@@H](O)[C@@H](O)[C@H](OC(C)C)O1.CC(=O)[C@@H]1C[C@@H](O)[C@@H](O)[C@H](OC(C)C)O1.CC(C)C.CC(C)O[C@@H]1O[C@H](CCS(C)(=O)=O)C[C@@H](O)[C@H]1O.CC(C)O[C@@H]1O[C@H](CNS(C)(=O)=O)C[C@@H](O)[C@H]1O.CC(C)O[C@@H]1O[C@H](COC(N)=O)C[C@@H](O)[C@H]1O.CC(C)O[C@@H]1O[C@H](COP(C)(C)=O)C[C@@H](O)[C@H]1O.CCC1CC(O)C(O)[C@@H](O)C1. The van der Waals surface area contributed by atoms with Crippen LogP contribution < -0.4 is 15.8 Å². The molecule has 7 aliphatic heterocycles. The van der Waals surface area contributed by atoms with Gasteiger partial charge in [0.2, 0.25) is 15.9 Å². The number of aliphatic hydroxyl groups is 17. The van der Waals surface area contributed by atoms with Crippen molar-refractivity contribution < 1.29 is 208 Å². The van der Waals surface area contributed by atoms with E-state index in [0.29, 0.717) is 31.7 Å². The number of ether oxygens (including phenoxy) is 16. The van der Waals surface area contributed by atoms with Gasteiger partial charge in [-0.25, -0.2) is 26.4 Å². The molecule has 0 aromatic heterocycles. The molecular weight excluding hydrogens is 1860 g/mol. The van der Waals surface area contributed by atoms with Crippen LogP contribution in [0.25, 0.3) is 0 Å². The number of primary amides is 1. The standard InChI is InChI=1S/C11H21NO5.C11H23O6P.C11H22O6S.C11H20O6.C10H21NO6S.C10H19NO6.C10H18O5.C8H16O3.C4H10/c1-6(2)16-11-10(15)9(14)4-8(17-11)5-12-7(3)13;1-7(2)16-11-10(13)9(12)5-8(17-11)6-15-18(3,4)14;1-7(2)16-11-10(13)9(12)6-8(17-11)4-5-18(3,14)15;1-6(2)16-11-10(14)9(13)4-8(17-11)5-15-7(3)12;1-6(2)16-10-9(13)8(12)4-7(17-10)5-11-18(3,14)15;1-5(2)16-9-8(13)7(12)3-6(17-9)4-15-10(11)14;1-5(2)14-10-9(13)7(12)4-8(15-10)6(3)11;1-2-5-3-6(9)8(11)7(10)4-5;1-4(2)3/h6,8-11,14-15H,4-5H2,1-3H3,(H,12,13);7-13H,5-6H2,1-4H3;7-13H,4-6H2,1-3H3;6,8-11,13-14H,4-5H2,1-3H3;6-13H,4-5H2,1-3H3;5-9,12-13H,3-4H2,1-2H3,(H2,11,14);5,7-10,12-13H,4H2,1-3H3;5-11H,2-4H2,1H3;4H,1-3H3/t2*8-,9+,10+,11+;8-,9-,10-,11-;8-,9+,10+,11+;7-,8+,9+,10+;6-,7+,8+,9+;7-,8+,9-,10-;5?,6-,7?,8?;/m00100010./s1. The number of carbonyl (C=O) groups excluding carboxylic acids is 4. The summed E-state index contributed by atoms with van der Waals surface area (Å²) < 4.78 is 148. The molecule has 0 radical (unpaired) electrons. The lowest BCUT2D eigenvalue weighted by molar-refractivity contribution is -0.281. The molecule has 1 saturated carbocycles. The van der Waals surface area contributed by atoms with Gasteiger partial charge >= 0.3 is 12.1 Å². The molecule has 0 aromatic rings. The Morgan fingerprint density at radius 2 is 0.637 bits per heavy atom. The van der Waals surface area contributed by atoms with Crippen LogP contribution in [-0.2, 0) is 119 Å². The van der Waals surface area contributed by atoms with Crippen LogP contribution >= 0.6 is 7.37 Å². The van der Waals surface area contributed by atoms with Gasteiger partial charge in [0.05, 0.1) is 153 Å². The molecule has 8 fully saturated rings. The molecule has 49 heteroatoms. The van der Waals surface area contributed by atoms with Crippen molar-refractivity contribution in [2.24, 2.45) is 17.6 Å². The molecule has 32 atom stereocenters. The van der Waals surface area contributed by atoms with Gasteiger partial charge in [-0.15, -0.1) is 0 Å². The monoisotopic (exact) mass is 2030 g/mol. The van der Waals surface area contributed by atoms with Crippen LogP contribution in [0.3, 0.4) is 0 Å². The molecule has 135 heavy (non-hydrogen) atoms. The van der Waals surface area contributed by atoms with Gasteiger partial charge < -0.3 is 178 Å². The highest BCUT2D eigenvalue weighted by molar-refractivity contribution is 7.90. The summed E-state index contributed by atoms with van der Waals surface area (Å²) >= 11 is 0. The number of ketones is 1. The number of hydrogen-bond donors (Lipinski definition) is 20. The number of rotatable bonds is 31. The maximum atomic E-state index is 11.4. The first-order valence-corrected chi connectivity index (χ1v) is 52.4. The quantitative estimate of drug-likeness (QED) is 0.0299. The summed E-state index contributed by atoms with van der Waals surface area (Å²) in [7, 11) is -8.95. The Morgan fingerprint density at radius 1 is 0.378 bits per heavy atom. The third-order valence-corrected chi connectivity index (χ3v) is 22.1. The summed E-state index contributed by atoms with van der Waals surface area (Å²) in [6, 6.07) is 0. The van der Waals surface area contributed by atoms with Gasteiger partial charge in [-0.2, -0.15) is 0 Å². The van der Waals surface area contributed by atoms with Crippen LogP contribution in [0.1, 0.15) is 216 Å². The first-order chi connectivity index (χ1) is 62.0. The summed E-state index contributed by atoms with van der Waals surface area (Å²) in [6.07, 6.45) is -22.2. The Labute approximate surface area is 796 Å². The zero-order chi connectivity index (χ0) is 104. The van der Waals surface area contributed by atoms with Crippen molar-refractivity contribution in [1.29, 1.82) is 0 Å². The van der Waals surface area contributed by atoms with Crippen molar-refractivity contribution in [3.63, 3.8) is 0 Å². The summed E-state index contributed by atoms with van der Waals surface area (Å²) in [5.41, 5.74) is 4.83. The van der Waals surface area contributed by atoms with E-state index < -0.39 is 224 Å². The number of sulfone groups is 1. The Morgan fingerprint density at radius 3 is 0.904 bits per heavy atom. The van der Waals surface area contributed by atoms with E-state index in [4.69, 9.17) is 86.4 Å². The molecule has 8 aliphatic rings. The smallest absolute Gasteiger partial charge is 0.404 e. The number of hydrogen-bond acceptors (Lipinski definition) is 43. The number of aliphatic hydroxyl groups excluding tert-OH is 17. The van der Waals surface area contributed by atoms with Crippen LogP contribution in [0.15, 0.2) is 0 Å². The summed E-state index contributed by atoms with van der Waals surface area (Å²) in [6.45, 7) is 41.3. The van der Waals surface area contributed by atoms with Gasteiger partial charge in [0.15, 0.2) is 57.2 Å². The van der Waals surface area contributed by atoms with Gasteiger partial charge in [-0.3, -0.25) is 18.9 Å². The molecule has 3 unspecified atom stereocenters. The lowest BCUT2D eigenvalue weighted by Crippen LogP contribution is -2.52. The molecule has 0 spiro atoms. The molecule has 0 aromatic carbocycles. The second kappa shape index (κ2) is 65.9. The van der Waals surface area contributed by atoms with Crippen LogP contribution in [0, 0.1) is 11.8 Å². The topological polar surface area (TPSA) is 705 Å². The second-order valence-corrected chi connectivity index (χ2v) is 44.1. The Kier molecular flexibility index (Phi) is 64.2. The zero-order valence-electron chi connectivity index (χ0n) is 83.2. The van der Waals surface area contributed by atoms with E-state index in [9.17, 15) is 122 Å². The maximum Gasteiger partial charge on any atom is 0.404 e. The normalized spacial score (nSPS) is 34.4. The van der Waals surface area contributed by atoms with Gasteiger partial charge in [0.1, 0.15) is 78.0 Å². The molecule has 2 amide bonds. The molecule has 7 heterocycles. The van der Waals surface area contributed by atoms with Crippen LogP contribution in [0.4, 0.5) is 4.79 Å². The molecule has 8 rings (SSSR count). The van der Waals surface area contributed by atoms with Crippen molar-refractivity contribution in [1.82, 2.24) is 10.0 Å². The number of amides is 2. The number of Topliss-reactive ketones (excluding diaryl/α,β-unsaturated/α-hetero) is 1. The molecule has 0 bridgehead atoms. The average molecular weight is 2030 g/mol. The van der Waals surface area contributed by atoms with Crippen molar-refractivity contribution in [2.75, 3.05) is 64.5 Å². The van der Waals surface area contributed by atoms with Gasteiger partial charge in [0.25, 0.3) is 0 Å². The molecule has 804 valence electrons. The highest BCUT2D eigenvalue weighted by Gasteiger charge is 2.46. The van der Waals surface area contributed by atoms with E-state index >= 15 is 0 Å². The van der Waals surface area contributed by atoms with Crippen molar-refractivity contribution in [3.05, 3.63) is 0 Å². The minimum Gasteiger partial charge on any atom is -0.463 e. The van der Waals surface area contributed by atoms with Crippen molar-refractivity contribution in [3.8, 4) is 0 Å². The van der Waals surface area contributed by atoms with Gasteiger partial charge in [-0.1, -0.05) is 34.1 Å². The van der Waals surface area contributed by atoms with E-state index in [1.54, 1.807) is 69.2 Å². The van der Waals surface area contributed by atoms with E-state index in [-0.39, 0.29) is 138 Å². The molecule has 46 nitrogen and oxygen atoms in total. The number of sulfonamides is 1. The van der Waals surface area contributed by atoms with Crippen LogP contribution in [0.2, 0.25) is 0 Å². The highest BCUT2D eigenvalue weighted by atomic mass is 32.2. The van der Waals surface area contributed by atoms with Crippen molar-refractivity contribution >= 4 is 51.0 Å². The largest absolute Gasteiger partial charge is 0.463 e. The number of esters is 1. The molecule has 21 N–H and O–H groups in total. The number of nitrogens with one attached hydrogen (secondary N) is 2. The first-order valence-electron chi connectivity index (χ1n) is 45.9. The summed E-state index contributed by atoms with van der Waals surface area (Å²) in [4.78, 5) is 43.0. The predicted molar refractivity (Wildman–Crippen MR) is 486 cm³/mol. The Bertz CT molecular complexity index is 3280. The predicted octanol–water partition coefficient (Wildman–Crippen LogP) is -0.790. The minimum atomic E-state index is -3.31. The number of carbonyl (C=O) groups is 4. The van der Waals surface area contributed by atoms with E-state index in [2.05, 4.69) is 35.5 Å². The van der Waals surface area contributed by atoms with Crippen LogP contribution in [-0.4, -0.2) is 425 Å². The summed E-state index contributed by atoms with van der Waals surface area (Å²) in [5.74, 6) is 0.460. The molecule has 7 saturated heterocycles. The summed E-state index contributed by atoms with van der Waals surface area (Å²) in [5, 5.41) is 166. The second-order valence-electron chi connectivity index (χ2n) is 37.3. The average Bonchev–Trinajstić information content (AvgIpc) is 0.861. The number of nitrogens with two attached hydrogens (primary N) is 1. The Balaban J connectivity index is 0.00000151. The molecular formula is C86H170N3O43PS2. The lowest BCUT2D eigenvalue weighted by Gasteiger charge is -2.37. The first kappa shape index (κ1) is 132. The fourth-order valence-corrected chi connectivity index (χ4v) is 14.9. The van der Waals surface area contributed by atoms with E-state index in [0.717, 1.165) is 24.9 Å². The zero-order valence-corrected chi connectivity index (χ0v) is 85.7. The third-order valence-electron chi connectivity index (χ3n) is 19.7. The van der Waals surface area contributed by atoms with Gasteiger partial charge in [0, 0.05) is 91.5 Å². The van der Waals surface area contributed by atoms with Crippen LogP contribution in [0.5, 0.6) is 0 Å². The van der Waals surface area contributed by atoms with E-state index in [1.165, 1.54) is 34.1 Å². The highest BCUT2D eigenvalue weighted by Crippen LogP contribution is 2.39. The fourth-order valence-electron chi connectivity index (χ4n) is 13.2. The minimum absolute atomic E-state index is 0.00508. The Hall–Kier alpha value is -3.31.